The summed E-state index contributed by atoms with van der Waals surface area (Å²) in [4.78, 5) is 21.7. The van der Waals surface area contributed by atoms with Gasteiger partial charge in [0.2, 0.25) is 5.90 Å². The maximum absolute atomic E-state index is 13.4. The minimum atomic E-state index is -4.67. The van der Waals surface area contributed by atoms with Crippen molar-refractivity contribution in [2.75, 3.05) is 27.2 Å². The van der Waals surface area contributed by atoms with E-state index in [0.717, 1.165) is 12.1 Å². The molecular formula is C23H21F3N4O4. The molecule has 0 unspecified atom stereocenters. The highest BCUT2D eigenvalue weighted by molar-refractivity contribution is 5.96. The molecule has 1 heterocycles. The molecule has 0 radical (unpaired) electrons. The first-order valence-corrected chi connectivity index (χ1v) is 10.2. The van der Waals surface area contributed by atoms with Crippen LogP contribution in [0.4, 0.5) is 13.2 Å². The van der Waals surface area contributed by atoms with Gasteiger partial charge in [0.25, 0.3) is 5.91 Å². The van der Waals surface area contributed by atoms with E-state index >= 15 is 0 Å². The lowest BCUT2D eigenvalue weighted by molar-refractivity contribution is -0.137. The number of hydrogen-bond donors (Lipinski definition) is 0. The van der Waals surface area contributed by atoms with Crippen molar-refractivity contribution in [3.8, 4) is 23.3 Å². The Balaban J connectivity index is 1.88. The maximum atomic E-state index is 13.4. The third kappa shape index (κ3) is 6.04. The second kappa shape index (κ2) is 10.2. The molecule has 1 amide bonds. The highest BCUT2D eigenvalue weighted by Crippen LogP contribution is 2.33. The predicted octanol–water partition coefficient (Wildman–Crippen LogP) is 4.29. The Hall–Kier alpha value is -4.07. The van der Waals surface area contributed by atoms with Gasteiger partial charge in [-0.3, -0.25) is 4.79 Å². The van der Waals surface area contributed by atoms with Crippen molar-refractivity contribution in [2.24, 2.45) is 9.98 Å². The van der Waals surface area contributed by atoms with Gasteiger partial charge >= 0.3 is 12.2 Å². The standard InChI is InChI=1S/C23H21F3N4O4/c1-4-32-18-6-5-14(13-27)9-19(18)34-22-28-8-7-20(29-22)33-17-11-15(21(31)30(2)3)10-16(12-17)23(24,25)26/h5-6,9-12H,4,7-8H2,1-3H3. The highest BCUT2D eigenvalue weighted by atomic mass is 19.4. The number of amides is 1. The molecule has 0 bridgehead atoms. The normalized spacial score (nSPS) is 13.3. The van der Waals surface area contributed by atoms with Gasteiger partial charge in [-0.1, -0.05) is 0 Å². The number of alkyl halides is 3. The van der Waals surface area contributed by atoms with Gasteiger partial charge in [-0.05, 0) is 37.3 Å². The first-order chi connectivity index (χ1) is 16.1. The van der Waals surface area contributed by atoms with Crippen LogP contribution in [0.15, 0.2) is 46.4 Å². The van der Waals surface area contributed by atoms with E-state index in [-0.39, 0.29) is 41.9 Å². The quantitative estimate of drug-likeness (QED) is 0.644. The van der Waals surface area contributed by atoms with E-state index in [1.807, 2.05) is 6.07 Å². The lowest BCUT2D eigenvalue weighted by atomic mass is 10.1. The van der Waals surface area contributed by atoms with E-state index in [1.165, 1.54) is 31.1 Å². The summed E-state index contributed by atoms with van der Waals surface area (Å²) in [6.07, 6.45) is -4.47. The molecule has 11 heteroatoms. The van der Waals surface area contributed by atoms with Gasteiger partial charge in [0.15, 0.2) is 11.5 Å². The minimum absolute atomic E-state index is 0.0574. The van der Waals surface area contributed by atoms with Crippen molar-refractivity contribution >= 4 is 17.8 Å². The average Bonchev–Trinajstić information content (AvgIpc) is 2.79. The zero-order chi connectivity index (χ0) is 24.9. The molecule has 1 aliphatic rings. The molecule has 34 heavy (non-hydrogen) atoms. The van der Waals surface area contributed by atoms with E-state index in [9.17, 15) is 18.0 Å². The van der Waals surface area contributed by atoms with E-state index in [0.29, 0.717) is 17.9 Å². The topological polar surface area (TPSA) is 96.5 Å². The monoisotopic (exact) mass is 474 g/mol. The van der Waals surface area contributed by atoms with Crippen LogP contribution in [0.5, 0.6) is 17.2 Å². The van der Waals surface area contributed by atoms with Gasteiger partial charge in [-0.15, -0.1) is 0 Å². The molecule has 8 nitrogen and oxygen atoms in total. The first-order valence-electron chi connectivity index (χ1n) is 10.2. The van der Waals surface area contributed by atoms with Gasteiger partial charge in [0.1, 0.15) is 5.75 Å². The number of aliphatic imine (C=N–C) groups is 2. The molecule has 2 aromatic carbocycles. The summed E-state index contributed by atoms with van der Waals surface area (Å²) in [7, 11) is 2.87. The summed E-state index contributed by atoms with van der Waals surface area (Å²) in [5, 5.41) is 9.14. The van der Waals surface area contributed by atoms with Crippen molar-refractivity contribution in [1.82, 2.24) is 4.90 Å². The van der Waals surface area contributed by atoms with E-state index < -0.39 is 17.6 Å². The Bertz CT molecular complexity index is 1180. The SMILES string of the molecule is CCOc1ccc(C#N)cc1OC1=NCCC(Oc2cc(C(=O)N(C)C)cc(C(F)(F)F)c2)=N1. The number of nitriles is 1. The fraction of sp³-hybridized carbons (Fsp3) is 0.304. The largest absolute Gasteiger partial charge is 0.490 e. The Morgan fingerprint density at radius 1 is 1.15 bits per heavy atom. The predicted molar refractivity (Wildman–Crippen MR) is 117 cm³/mol. The van der Waals surface area contributed by atoms with Crippen molar-refractivity contribution in [2.45, 2.75) is 19.5 Å². The van der Waals surface area contributed by atoms with Crippen LogP contribution in [0.25, 0.3) is 0 Å². The summed E-state index contributed by atoms with van der Waals surface area (Å²) in [5.74, 6) is -0.156. The summed E-state index contributed by atoms with van der Waals surface area (Å²) in [6.45, 7) is 2.35. The molecule has 3 rings (SSSR count). The van der Waals surface area contributed by atoms with Crippen LogP contribution in [0.1, 0.15) is 34.8 Å². The summed E-state index contributed by atoms with van der Waals surface area (Å²) >= 11 is 0. The number of halogens is 3. The Morgan fingerprint density at radius 2 is 1.91 bits per heavy atom. The van der Waals surface area contributed by atoms with Gasteiger partial charge in [-0.2, -0.15) is 23.4 Å². The lowest BCUT2D eigenvalue weighted by Gasteiger charge is -2.17. The van der Waals surface area contributed by atoms with Crippen LogP contribution < -0.4 is 14.2 Å². The third-order valence-corrected chi connectivity index (χ3v) is 4.49. The Morgan fingerprint density at radius 3 is 2.56 bits per heavy atom. The van der Waals surface area contributed by atoms with E-state index in [1.54, 1.807) is 19.1 Å². The number of carbonyl (C=O) groups excluding carboxylic acids is 1. The van der Waals surface area contributed by atoms with Crippen LogP contribution in [-0.4, -0.2) is 50.0 Å². The van der Waals surface area contributed by atoms with Crippen LogP contribution in [0, 0.1) is 11.3 Å². The summed E-state index contributed by atoms with van der Waals surface area (Å²) in [6, 6.07) is 9.28. The molecule has 2 aromatic rings. The van der Waals surface area contributed by atoms with Crippen molar-refractivity contribution in [1.29, 1.82) is 5.26 Å². The molecule has 0 spiro atoms. The van der Waals surface area contributed by atoms with Crippen molar-refractivity contribution in [3.05, 3.63) is 53.1 Å². The molecule has 1 aliphatic heterocycles. The minimum Gasteiger partial charge on any atom is -0.490 e. The molecule has 0 fully saturated rings. The van der Waals surface area contributed by atoms with Crippen LogP contribution in [-0.2, 0) is 6.18 Å². The number of rotatable bonds is 5. The highest BCUT2D eigenvalue weighted by Gasteiger charge is 2.32. The van der Waals surface area contributed by atoms with Gasteiger partial charge < -0.3 is 19.1 Å². The Kier molecular flexibility index (Phi) is 7.40. The molecule has 0 saturated carbocycles. The van der Waals surface area contributed by atoms with E-state index in [4.69, 9.17) is 19.5 Å². The zero-order valence-electron chi connectivity index (χ0n) is 18.6. The number of carbonyl (C=O) groups is 1. The van der Waals surface area contributed by atoms with Crippen molar-refractivity contribution < 1.29 is 32.2 Å². The number of nitrogens with zero attached hydrogens (tertiary/aromatic N) is 4. The van der Waals surface area contributed by atoms with Gasteiger partial charge in [0.05, 0.1) is 30.3 Å². The number of ether oxygens (including phenoxy) is 3. The van der Waals surface area contributed by atoms with Crippen LogP contribution in [0.2, 0.25) is 0 Å². The molecular weight excluding hydrogens is 453 g/mol. The molecule has 0 atom stereocenters. The Labute approximate surface area is 193 Å². The van der Waals surface area contributed by atoms with Crippen LogP contribution >= 0.6 is 0 Å². The second-order valence-electron chi connectivity index (χ2n) is 7.27. The summed E-state index contributed by atoms with van der Waals surface area (Å²) in [5.41, 5.74) is -0.866. The van der Waals surface area contributed by atoms with Crippen molar-refractivity contribution in [3.63, 3.8) is 0 Å². The average molecular weight is 474 g/mol. The number of hydrogen-bond acceptors (Lipinski definition) is 7. The molecule has 0 N–H and O–H groups in total. The van der Waals surface area contributed by atoms with Gasteiger partial charge in [-0.25, -0.2) is 4.99 Å². The summed E-state index contributed by atoms with van der Waals surface area (Å²) < 4.78 is 56.9. The first kappa shape index (κ1) is 24.6. The maximum Gasteiger partial charge on any atom is 0.416 e. The molecule has 0 saturated heterocycles. The second-order valence-corrected chi connectivity index (χ2v) is 7.27. The molecule has 0 aliphatic carbocycles. The third-order valence-electron chi connectivity index (χ3n) is 4.49. The molecule has 0 aromatic heterocycles. The zero-order valence-corrected chi connectivity index (χ0v) is 18.6. The molecule has 178 valence electrons. The van der Waals surface area contributed by atoms with Crippen LogP contribution in [0.3, 0.4) is 0 Å². The van der Waals surface area contributed by atoms with Gasteiger partial charge in [0, 0.05) is 32.1 Å². The smallest absolute Gasteiger partial charge is 0.416 e. The van der Waals surface area contributed by atoms with E-state index in [2.05, 4.69) is 9.98 Å². The fourth-order valence-electron chi connectivity index (χ4n) is 2.94. The fourth-order valence-corrected chi connectivity index (χ4v) is 2.94. The number of amidine groups is 1. The lowest BCUT2D eigenvalue weighted by Crippen LogP contribution is -2.23. The number of benzene rings is 2.